The van der Waals surface area contributed by atoms with Crippen molar-refractivity contribution in [3.63, 3.8) is 0 Å². The number of aryl methyl sites for hydroxylation is 1. The predicted octanol–water partition coefficient (Wildman–Crippen LogP) is 3.24. The van der Waals surface area contributed by atoms with Gasteiger partial charge in [0.25, 0.3) is 0 Å². The molecule has 26 heavy (non-hydrogen) atoms. The highest BCUT2D eigenvalue weighted by Gasteiger charge is 2.33. The first kappa shape index (κ1) is 18.1. The second kappa shape index (κ2) is 8.15. The molecule has 5 heteroatoms. The van der Waals surface area contributed by atoms with Gasteiger partial charge in [-0.25, -0.2) is 0 Å². The molecule has 0 aromatic heterocycles. The van der Waals surface area contributed by atoms with Gasteiger partial charge in [0.1, 0.15) is 12.6 Å². The molecule has 136 valence electrons. The van der Waals surface area contributed by atoms with Crippen LogP contribution < -0.4 is 5.32 Å². The molecule has 1 heterocycles. The van der Waals surface area contributed by atoms with E-state index >= 15 is 0 Å². The maximum atomic E-state index is 12.7. The van der Waals surface area contributed by atoms with E-state index in [1.54, 1.807) is 4.90 Å². The quantitative estimate of drug-likeness (QED) is 0.899. The highest BCUT2D eigenvalue weighted by atomic mass is 16.5. The third-order valence-electron chi connectivity index (χ3n) is 4.63. The second-order valence-electron chi connectivity index (χ2n) is 6.62. The van der Waals surface area contributed by atoms with Crippen molar-refractivity contribution in [1.82, 2.24) is 4.90 Å². The van der Waals surface area contributed by atoms with Crippen molar-refractivity contribution in [1.29, 1.82) is 0 Å². The Bertz CT molecular complexity index is 803. The maximum absolute atomic E-state index is 12.7. The summed E-state index contributed by atoms with van der Waals surface area (Å²) < 4.78 is 4.91. The molecule has 1 aliphatic rings. The van der Waals surface area contributed by atoms with Gasteiger partial charge in [-0.15, -0.1) is 0 Å². The third-order valence-corrected chi connectivity index (χ3v) is 4.63. The highest BCUT2D eigenvalue weighted by molar-refractivity contribution is 5.98. The number of rotatable bonds is 5. The molecule has 1 atom stereocenters. The highest BCUT2D eigenvalue weighted by Crippen LogP contribution is 2.25. The normalized spacial score (nSPS) is 16.5. The molecule has 1 fully saturated rings. The number of benzene rings is 2. The Morgan fingerprint density at radius 2 is 1.88 bits per heavy atom. The molecule has 1 unspecified atom stereocenters. The number of carbonyl (C=O) groups is 2. The summed E-state index contributed by atoms with van der Waals surface area (Å²) in [5.74, 6) is -0.285. The lowest BCUT2D eigenvalue weighted by Crippen LogP contribution is -2.44. The molecule has 1 N–H and O–H groups in total. The summed E-state index contributed by atoms with van der Waals surface area (Å²) in [6.45, 7) is 2.66. The number of nitrogens with zero attached hydrogens (tertiary/aromatic N) is 1. The molecule has 2 aromatic carbocycles. The van der Waals surface area contributed by atoms with Crippen LogP contribution in [-0.4, -0.2) is 43.0 Å². The van der Waals surface area contributed by atoms with Crippen molar-refractivity contribution in [3.05, 3.63) is 54.1 Å². The van der Waals surface area contributed by atoms with Crippen LogP contribution in [0.3, 0.4) is 0 Å². The molecule has 1 aliphatic heterocycles. The van der Waals surface area contributed by atoms with Crippen molar-refractivity contribution >= 4 is 17.5 Å². The summed E-state index contributed by atoms with van der Waals surface area (Å²) in [6.07, 6.45) is 1.51. The lowest BCUT2D eigenvalue weighted by atomic mass is 10.0. The van der Waals surface area contributed by atoms with Crippen LogP contribution in [0.15, 0.2) is 48.5 Å². The van der Waals surface area contributed by atoms with Crippen LogP contribution in [0.5, 0.6) is 0 Å². The largest absolute Gasteiger partial charge is 0.375 e. The number of likely N-dealkylation sites (tertiary alicyclic amines) is 1. The van der Waals surface area contributed by atoms with Crippen molar-refractivity contribution in [3.8, 4) is 11.1 Å². The second-order valence-corrected chi connectivity index (χ2v) is 6.62. The Hall–Kier alpha value is -2.66. The lowest BCUT2D eigenvalue weighted by molar-refractivity contribution is -0.139. The zero-order valence-corrected chi connectivity index (χ0v) is 15.2. The summed E-state index contributed by atoms with van der Waals surface area (Å²) in [6, 6.07) is 15.6. The summed E-state index contributed by atoms with van der Waals surface area (Å²) in [7, 11) is 1.49. The van der Waals surface area contributed by atoms with Gasteiger partial charge in [-0.1, -0.05) is 42.0 Å². The zero-order valence-electron chi connectivity index (χ0n) is 15.2. The van der Waals surface area contributed by atoms with Gasteiger partial charge in [0.15, 0.2) is 0 Å². The molecule has 3 rings (SSSR count). The van der Waals surface area contributed by atoms with Crippen LogP contribution in [0.1, 0.15) is 18.4 Å². The monoisotopic (exact) mass is 352 g/mol. The minimum atomic E-state index is -0.430. The average molecular weight is 352 g/mol. The van der Waals surface area contributed by atoms with Gasteiger partial charge < -0.3 is 15.0 Å². The van der Waals surface area contributed by atoms with Gasteiger partial charge in [-0.05, 0) is 43.0 Å². The Kier molecular flexibility index (Phi) is 5.68. The maximum Gasteiger partial charge on any atom is 0.249 e. The molecule has 2 amide bonds. The third kappa shape index (κ3) is 4.11. The smallest absolute Gasteiger partial charge is 0.249 e. The fraction of sp³-hybridized carbons (Fsp3) is 0.333. The first-order valence-corrected chi connectivity index (χ1v) is 8.85. The van der Waals surface area contributed by atoms with Crippen molar-refractivity contribution in [2.45, 2.75) is 25.8 Å². The van der Waals surface area contributed by atoms with Gasteiger partial charge in [-0.3, -0.25) is 9.59 Å². The standard InChI is InChI=1S/C21H24N2O3/c1-15-6-3-7-16(12-15)17-8-4-9-18(13-17)22-21(25)19-10-5-11-23(19)20(24)14-26-2/h3-4,6-9,12-13,19H,5,10-11,14H2,1-2H3,(H,22,25). The van der Waals surface area contributed by atoms with Gasteiger partial charge in [0, 0.05) is 19.3 Å². The molecule has 0 bridgehead atoms. The number of carbonyl (C=O) groups excluding carboxylic acids is 2. The SMILES string of the molecule is COCC(=O)N1CCCC1C(=O)Nc1cccc(-c2cccc(C)c2)c1. The minimum absolute atomic E-state index is 0.00657. The summed E-state index contributed by atoms with van der Waals surface area (Å²) in [5, 5.41) is 2.96. The Balaban J connectivity index is 1.73. The minimum Gasteiger partial charge on any atom is -0.375 e. The number of hydrogen-bond acceptors (Lipinski definition) is 3. The van der Waals surface area contributed by atoms with Crippen LogP contribution in [-0.2, 0) is 14.3 Å². The number of anilines is 1. The number of methoxy groups -OCH3 is 1. The predicted molar refractivity (Wildman–Crippen MR) is 102 cm³/mol. The van der Waals surface area contributed by atoms with Crippen molar-refractivity contribution in [2.75, 3.05) is 25.6 Å². The van der Waals surface area contributed by atoms with Crippen LogP contribution in [0.25, 0.3) is 11.1 Å². The van der Waals surface area contributed by atoms with Crippen molar-refractivity contribution < 1.29 is 14.3 Å². The fourth-order valence-electron chi connectivity index (χ4n) is 3.37. The fourth-order valence-corrected chi connectivity index (χ4v) is 3.37. The van der Waals surface area contributed by atoms with Gasteiger partial charge in [0.05, 0.1) is 0 Å². The Morgan fingerprint density at radius 3 is 2.62 bits per heavy atom. The van der Waals surface area contributed by atoms with E-state index in [1.807, 2.05) is 30.3 Å². The van der Waals surface area contributed by atoms with Crippen molar-refractivity contribution in [2.24, 2.45) is 0 Å². The zero-order chi connectivity index (χ0) is 18.5. The van der Waals surface area contributed by atoms with E-state index in [-0.39, 0.29) is 18.4 Å². The lowest BCUT2D eigenvalue weighted by Gasteiger charge is -2.23. The van der Waals surface area contributed by atoms with E-state index in [1.165, 1.54) is 12.7 Å². The Morgan fingerprint density at radius 1 is 1.15 bits per heavy atom. The molecule has 0 saturated carbocycles. The van der Waals surface area contributed by atoms with Crippen LogP contribution in [0.2, 0.25) is 0 Å². The van der Waals surface area contributed by atoms with Gasteiger partial charge in [-0.2, -0.15) is 0 Å². The molecule has 5 nitrogen and oxygen atoms in total. The van der Waals surface area contributed by atoms with Gasteiger partial charge >= 0.3 is 0 Å². The molecule has 2 aromatic rings. The van der Waals surface area contributed by atoms with Crippen LogP contribution >= 0.6 is 0 Å². The van der Waals surface area contributed by atoms with Gasteiger partial charge in [0.2, 0.25) is 11.8 Å². The van der Waals surface area contributed by atoms with E-state index in [9.17, 15) is 9.59 Å². The Labute approximate surface area is 154 Å². The van der Waals surface area contributed by atoms with E-state index < -0.39 is 6.04 Å². The molecular formula is C21H24N2O3. The van der Waals surface area contributed by atoms with E-state index in [0.29, 0.717) is 13.0 Å². The average Bonchev–Trinajstić information content (AvgIpc) is 3.12. The molecule has 0 aliphatic carbocycles. The van der Waals surface area contributed by atoms with E-state index in [4.69, 9.17) is 4.74 Å². The first-order chi connectivity index (χ1) is 12.6. The van der Waals surface area contributed by atoms with E-state index in [2.05, 4.69) is 30.4 Å². The molecule has 0 spiro atoms. The molecular weight excluding hydrogens is 328 g/mol. The summed E-state index contributed by atoms with van der Waals surface area (Å²) in [4.78, 5) is 26.4. The van der Waals surface area contributed by atoms with Crippen LogP contribution in [0.4, 0.5) is 5.69 Å². The number of hydrogen-bond donors (Lipinski definition) is 1. The topological polar surface area (TPSA) is 58.6 Å². The van der Waals surface area contributed by atoms with Crippen LogP contribution in [0, 0.1) is 6.92 Å². The number of amides is 2. The first-order valence-electron chi connectivity index (χ1n) is 8.85. The summed E-state index contributed by atoms with van der Waals surface area (Å²) >= 11 is 0. The number of ether oxygens (including phenoxy) is 1. The number of nitrogens with one attached hydrogen (secondary N) is 1. The molecule has 1 saturated heterocycles. The van der Waals surface area contributed by atoms with E-state index in [0.717, 1.165) is 23.2 Å². The summed E-state index contributed by atoms with van der Waals surface area (Å²) in [5.41, 5.74) is 4.08. The molecule has 0 radical (unpaired) electrons.